The largest absolute Gasteiger partial charge is 0.496 e. The van der Waals surface area contributed by atoms with Crippen LogP contribution >= 0.6 is 0 Å². The van der Waals surface area contributed by atoms with Crippen LogP contribution in [-0.4, -0.2) is 39.9 Å². The molecule has 2 atom stereocenters. The molecule has 252 valence electrons. The van der Waals surface area contributed by atoms with Crippen molar-refractivity contribution in [1.82, 2.24) is 14.6 Å². The monoisotopic (exact) mass is 659 g/mol. The average molecular weight is 660 g/mol. The van der Waals surface area contributed by atoms with E-state index in [1.165, 1.54) is 9.42 Å². The fourth-order valence-electron chi connectivity index (χ4n) is 7.07. The number of esters is 1. The molecule has 49 heavy (non-hydrogen) atoms. The Bertz CT molecular complexity index is 1940. The highest BCUT2D eigenvalue weighted by atomic mass is 16.6. The number of aromatic nitrogens is 3. The zero-order valence-electron chi connectivity index (χ0n) is 28.5. The molecule has 1 aliphatic carbocycles. The molecule has 3 aromatic carbocycles. The summed E-state index contributed by atoms with van der Waals surface area (Å²) in [6.07, 6.45) is 2.59. The summed E-state index contributed by atoms with van der Waals surface area (Å²) in [5.74, 6) is 1.02. The number of aryl methyl sites for hydroxylation is 1. The van der Waals surface area contributed by atoms with E-state index in [4.69, 9.17) is 25.8 Å². The lowest BCUT2D eigenvalue weighted by atomic mass is 9.71. The van der Waals surface area contributed by atoms with Crippen molar-refractivity contribution in [3.8, 4) is 23.0 Å². The molecule has 10 nitrogen and oxygen atoms in total. The topological polar surface area (TPSA) is 103 Å². The number of hydrogen-bond donors (Lipinski definition) is 1. The normalized spacial score (nSPS) is 18.9. The van der Waals surface area contributed by atoms with Gasteiger partial charge in [0.25, 0.3) is 5.69 Å². The maximum atomic E-state index is 14.3. The molecular formula is C39H41N5O5. The van der Waals surface area contributed by atoms with Gasteiger partial charge in [0.2, 0.25) is 5.88 Å². The van der Waals surface area contributed by atoms with Gasteiger partial charge in [-0.05, 0) is 92.3 Å². The first-order valence-corrected chi connectivity index (χ1v) is 16.8. The van der Waals surface area contributed by atoms with Crippen LogP contribution in [0, 0.1) is 31.2 Å². The van der Waals surface area contributed by atoms with Crippen molar-refractivity contribution in [1.29, 1.82) is 0 Å². The van der Waals surface area contributed by atoms with Crippen LogP contribution in [0.1, 0.15) is 62.4 Å². The summed E-state index contributed by atoms with van der Waals surface area (Å²) in [6, 6.07) is 23.8. The van der Waals surface area contributed by atoms with Crippen molar-refractivity contribution in [3.63, 3.8) is 0 Å². The van der Waals surface area contributed by atoms with Gasteiger partial charge in [-0.1, -0.05) is 63.2 Å². The molecule has 2 heterocycles. The second-order valence-corrected chi connectivity index (χ2v) is 12.7. The number of nitrogens with one attached hydrogen (secondary N) is 1. The second-order valence-electron chi connectivity index (χ2n) is 12.7. The summed E-state index contributed by atoms with van der Waals surface area (Å²) in [5, 5.41) is 3.18. The Morgan fingerprint density at radius 2 is 1.59 bits per heavy atom. The number of nitrogens with zero attached hydrogens (tertiary/aromatic N) is 4. The lowest BCUT2D eigenvalue weighted by molar-refractivity contribution is -0.0359. The van der Waals surface area contributed by atoms with E-state index < -0.39 is 12.1 Å². The Morgan fingerprint density at radius 1 is 0.980 bits per heavy atom. The van der Waals surface area contributed by atoms with E-state index in [2.05, 4.69) is 30.7 Å². The molecule has 0 spiro atoms. The zero-order valence-corrected chi connectivity index (χ0v) is 28.5. The third-order valence-corrected chi connectivity index (χ3v) is 9.47. The number of benzene rings is 3. The molecule has 0 radical (unpaired) electrons. The molecular weight excluding hydrogens is 618 g/mol. The van der Waals surface area contributed by atoms with Crippen molar-refractivity contribution < 1.29 is 23.8 Å². The van der Waals surface area contributed by atoms with Crippen LogP contribution in [0.4, 0.5) is 21.9 Å². The Balaban J connectivity index is 1.48. The first kappa shape index (κ1) is 33.3. The number of para-hydroxylation sites is 2. The molecule has 1 saturated carbocycles. The summed E-state index contributed by atoms with van der Waals surface area (Å²) in [7, 11) is 1.57. The number of aromatic amines is 1. The van der Waals surface area contributed by atoms with E-state index in [-0.39, 0.29) is 40.7 Å². The van der Waals surface area contributed by atoms with Gasteiger partial charge in [0, 0.05) is 0 Å². The number of H-pyrrole nitrogens is 1. The Labute approximate surface area is 286 Å². The fourth-order valence-corrected chi connectivity index (χ4v) is 7.07. The number of anilines is 2. The van der Waals surface area contributed by atoms with Gasteiger partial charge < -0.3 is 14.2 Å². The van der Waals surface area contributed by atoms with Crippen LogP contribution in [0.3, 0.4) is 0 Å². The molecule has 1 N–H and O–H groups in total. The minimum absolute atomic E-state index is 0.0549. The molecule has 0 aliphatic heterocycles. The van der Waals surface area contributed by atoms with Crippen molar-refractivity contribution >= 4 is 34.8 Å². The van der Waals surface area contributed by atoms with Crippen molar-refractivity contribution in [2.75, 3.05) is 12.0 Å². The molecule has 2 unspecified atom stereocenters. The molecule has 10 heteroatoms. The molecule has 1 amide bonds. The lowest BCUT2D eigenvalue weighted by Gasteiger charge is -2.40. The Morgan fingerprint density at radius 3 is 2.14 bits per heavy atom. The summed E-state index contributed by atoms with van der Waals surface area (Å²) < 4.78 is 19.5. The maximum absolute atomic E-state index is 14.3. The van der Waals surface area contributed by atoms with Crippen molar-refractivity contribution in [2.45, 2.75) is 59.5 Å². The molecule has 1 fully saturated rings. The van der Waals surface area contributed by atoms with Crippen LogP contribution < -0.4 is 14.4 Å². The van der Waals surface area contributed by atoms with E-state index in [0.29, 0.717) is 34.4 Å². The van der Waals surface area contributed by atoms with E-state index >= 15 is 0 Å². The number of ether oxygens (including phenoxy) is 3. The van der Waals surface area contributed by atoms with Gasteiger partial charge >= 0.3 is 12.1 Å². The van der Waals surface area contributed by atoms with Gasteiger partial charge in [0.05, 0.1) is 30.6 Å². The van der Waals surface area contributed by atoms with Gasteiger partial charge in [-0.25, -0.2) is 28.8 Å². The van der Waals surface area contributed by atoms with E-state index in [1.807, 2.05) is 61.5 Å². The molecule has 1 aliphatic rings. The summed E-state index contributed by atoms with van der Waals surface area (Å²) >= 11 is 0. The van der Waals surface area contributed by atoms with Crippen LogP contribution in [0.15, 0.2) is 78.9 Å². The number of carbonyl (C=O) groups is 2. The predicted molar refractivity (Wildman–Crippen MR) is 189 cm³/mol. The van der Waals surface area contributed by atoms with Crippen LogP contribution in [-0.2, 0) is 4.74 Å². The highest BCUT2D eigenvalue weighted by molar-refractivity contribution is 6.06. The van der Waals surface area contributed by atoms with Crippen molar-refractivity contribution in [2.24, 2.45) is 17.8 Å². The number of rotatable bonds is 9. The first-order valence-electron chi connectivity index (χ1n) is 16.8. The molecule has 2 aromatic heterocycles. The fraction of sp³-hybridized carbons (Fsp3) is 0.333. The molecule has 0 bridgehead atoms. The lowest BCUT2D eigenvalue weighted by Crippen LogP contribution is -2.39. The second kappa shape index (κ2) is 14.3. The molecule has 0 saturated heterocycles. The van der Waals surface area contributed by atoms with Gasteiger partial charge in [-0.3, -0.25) is 5.10 Å². The van der Waals surface area contributed by atoms with Gasteiger partial charge in [0.1, 0.15) is 17.4 Å². The minimum Gasteiger partial charge on any atom is -0.496 e. The smallest absolute Gasteiger partial charge is 0.424 e. The van der Waals surface area contributed by atoms with Crippen LogP contribution in [0.25, 0.3) is 21.9 Å². The Hall–Kier alpha value is -5.56. The number of methoxy groups -OCH3 is 1. The zero-order chi connectivity index (χ0) is 34.7. The van der Waals surface area contributed by atoms with Crippen LogP contribution in [0.5, 0.6) is 11.6 Å². The Kier molecular flexibility index (Phi) is 9.72. The average Bonchev–Trinajstić information content (AvgIpc) is 3.66. The summed E-state index contributed by atoms with van der Waals surface area (Å²) in [5.41, 5.74) is 2.65. The number of carbonyl (C=O) groups excluding carboxylic acids is 2. The molecule has 5 aromatic rings. The number of amides is 1. The van der Waals surface area contributed by atoms with Crippen molar-refractivity contribution in [3.05, 3.63) is 101 Å². The number of fused-ring (bicyclic) bond motifs is 1. The SMILES string of the molecule is [C-]#[N+]c1c(C(=O)OC2C(CC)CC(C)CC2CC)c2nc(-c3ccc(C)cc3OC)[nH]n2c1OC(=O)N(c1ccccc1)c1ccccc1. The first-order chi connectivity index (χ1) is 23.8. The van der Waals surface area contributed by atoms with E-state index in [0.717, 1.165) is 31.2 Å². The quantitative estimate of drug-likeness (QED) is 0.125. The minimum atomic E-state index is -0.774. The summed E-state index contributed by atoms with van der Waals surface area (Å²) in [6.45, 7) is 16.7. The van der Waals surface area contributed by atoms with Crippen LogP contribution in [0.2, 0.25) is 0 Å². The highest BCUT2D eigenvalue weighted by Gasteiger charge is 2.40. The standard InChI is InChI=1S/C39H41N5O5/c1-7-26-21-25(4)22-27(8-2)34(26)48-38(45)32-33(40-5)37(44-36(32)41-35(42-44)30-20-19-24(3)23-31(30)47-6)49-39(46)43(28-15-11-9-12-16-28)29-17-13-10-14-18-29/h9-20,23,25-27,34H,7-8,21-22H2,1-4,6H3,(H,41,42). The summed E-state index contributed by atoms with van der Waals surface area (Å²) in [4.78, 5) is 38.4. The predicted octanol–water partition coefficient (Wildman–Crippen LogP) is 9.54. The van der Waals surface area contributed by atoms with Gasteiger partial charge in [0.15, 0.2) is 11.5 Å². The molecule has 6 rings (SSSR count). The highest BCUT2D eigenvalue weighted by Crippen LogP contribution is 2.43. The maximum Gasteiger partial charge on any atom is 0.424 e. The van der Waals surface area contributed by atoms with Gasteiger partial charge in [-0.15, -0.1) is 0 Å². The third-order valence-electron chi connectivity index (χ3n) is 9.47. The number of hydrogen-bond acceptors (Lipinski definition) is 6. The van der Waals surface area contributed by atoms with E-state index in [9.17, 15) is 9.59 Å². The van der Waals surface area contributed by atoms with E-state index in [1.54, 1.807) is 31.4 Å². The third kappa shape index (κ3) is 6.49. The van der Waals surface area contributed by atoms with Gasteiger partial charge in [-0.2, -0.15) is 0 Å².